The van der Waals surface area contributed by atoms with Crippen LogP contribution < -0.4 is 16.2 Å². The highest BCUT2D eigenvalue weighted by Crippen LogP contribution is 2.51. The van der Waals surface area contributed by atoms with Gasteiger partial charge in [-0.2, -0.15) is 0 Å². The minimum absolute atomic E-state index is 0.222. The number of hydrogen-bond donors (Lipinski definition) is 3. The molecule has 1 spiro atoms. The molecule has 0 saturated carbocycles. The molecule has 4 nitrogen and oxygen atoms in total. The van der Waals surface area contributed by atoms with Crippen molar-refractivity contribution in [1.29, 1.82) is 0 Å². The normalized spacial score (nSPS) is 30.0. The summed E-state index contributed by atoms with van der Waals surface area (Å²) in [7, 11) is 0. The molecular weight excluding hydrogens is 344 g/mol. The van der Waals surface area contributed by atoms with Gasteiger partial charge >= 0.3 is 0 Å². The molecule has 3 N–H and O–H groups in total. The molecule has 3 aliphatic heterocycles. The van der Waals surface area contributed by atoms with Gasteiger partial charge in [-0.25, -0.2) is 10.9 Å². The highest BCUT2D eigenvalue weighted by atomic mass is 35.5. The molecule has 2 aromatic rings. The van der Waals surface area contributed by atoms with E-state index in [0.29, 0.717) is 0 Å². The van der Waals surface area contributed by atoms with Gasteiger partial charge < -0.3 is 10.2 Å². The Balaban J connectivity index is 1.66. The molecular formula is C21H23ClN4. The van der Waals surface area contributed by atoms with Crippen LogP contribution in [0, 0.1) is 0 Å². The van der Waals surface area contributed by atoms with Crippen LogP contribution in [0.3, 0.4) is 0 Å². The molecule has 0 amide bonds. The average molecular weight is 367 g/mol. The van der Waals surface area contributed by atoms with Crippen molar-refractivity contribution >= 4 is 17.3 Å². The van der Waals surface area contributed by atoms with Gasteiger partial charge in [0.2, 0.25) is 0 Å². The summed E-state index contributed by atoms with van der Waals surface area (Å²) in [6.45, 7) is 3.31. The number of fused-ring (bicyclic) bond motifs is 2. The van der Waals surface area contributed by atoms with Crippen LogP contribution in [0.2, 0.25) is 5.02 Å². The third-order valence-corrected chi connectivity index (χ3v) is 6.29. The Hall–Kier alpha value is -1.85. The van der Waals surface area contributed by atoms with Crippen molar-refractivity contribution in [3.8, 4) is 0 Å². The molecule has 5 rings (SSSR count). The van der Waals surface area contributed by atoms with Crippen molar-refractivity contribution in [3.05, 3.63) is 77.0 Å². The lowest BCUT2D eigenvalue weighted by Gasteiger charge is -2.62. The van der Waals surface area contributed by atoms with Crippen LogP contribution in [0.4, 0.5) is 5.69 Å². The monoisotopic (exact) mass is 366 g/mol. The minimum Gasteiger partial charge on any atom is -0.362 e. The van der Waals surface area contributed by atoms with Crippen LogP contribution in [-0.4, -0.2) is 24.5 Å². The lowest BCUT2D eigenvalue weighted by Crippen LogP contribution is -2.83. The second-order valence-electron chi connectivity index (χ2n) is 7.48. The number of hydrazine groups is 1. The first kappa shape index (κ1) is 16.3. The predicted octanol–water partition coefficient (Wildman–Crippen LogP) is 3.57. The average Bonchev–Trinajstić information content (AvgIpc) is 3.18. The predicted molar refractivity (Wildman–Crippen MR) is 106 cm³/mol. The summed E-state index contributed by atoms with van der Waals surface area (Å²) in [5.41, 5.74) is 10.2. The van der Waals surface area contributed by atoms with E-state index in [1.165, 1.54) is 37.1 Å². The standard InChI is InChI=1S/C21H23ClN4/c22-17-8-9-18-19(14-17)23-11-10-20(18)21(25-24-20,15-26-12-4-5-13-26)16-6-2-1-3-7-16/h1-3,6-11,14,23-25H,4-5,12-13,15H2. The summed E-state index contributed by atoms with van der Waals surface area (Å²) < 4.78 is 0. The Morgan fingerprint density at radius 3 is 2.54 bits per heavy atom. The number of hydrogen-bond acceptors (Lipinski definition) is 4. The number of anilines is 1. The van der Waals surface area contributed by atoms with Crippen LogP contribution in [0.25, 0.3) is 0 Å². The molecule has 2 atom stereocenters. The van der Waals surface area contributed by atoms with Crippen molar-refractivity contribution in [2.45, 2.75) is 23.9 Å². The van der Waals surface area contributed by atoms with Crippen molar-refractivity contribution in [3.63, 3.8) is 0 Å². The Morgan fingerprint density at radius 1 is 1.00 bits per heavy atom. The zero-order valence-corrected chi connectivity index (χ0v) is 15.4. The summed E-state index contributed by atoms with van der Waals surface area (Å²) in [6, 6.07) is 16.9. The van der Waals surface area contributed by atoms with Crippen molar-refractivity contribution in [2.24, 2.45) is 0 Å². The fourth-order valence-corrected chi connectivity index (χ4v) is 4.88. The van der Waals surface area contributed by atoms with E-state index in [0.717, 1.165) is 17.3 Å². The maximum atomic E-state index is 6.25. The van der Waals surface area contributed by atoms with E-state index in [4.69, 9.17) is 11.6 Å². The number of rotatable bonds is 3. The van der Waals surface area contributed by atoms with E-state index in [-0.39, 0.29) is 11.1 Å². The van der Waals surface area contributed by atoms with Crippen molar-refractivity contribution < 1.29 is 0 Å². The Morgan fingerprint density at radius 2 is 1.81 bits per heavy atom. The quantitative estimate of drug-likeness (QED) is 0.776. The van der Waals surface area contributed by atoms with Gasteiger partial charge in [-0.05, 0) is 55.9 Å². The maximum absolute atomic E-state index is 6.25. The molecule has 2 saturated heterocycles. The van der Waals surface area contributed by atoms with Gasteiger partial charge in [-0.15, -0.1) is 0 Å². The number of likely N-dealkylation sites (tertiary alicyclic amines) is 1. The first-order valence-corrected chi connectivity index (χ1v) is 9.68. The van der Waals surface area contributed by atoms with Crippen LogP contribution in [0.15, 0.2) is 60.8 Å². The van der Waals surface area contributed by atoms with Crippen LogP contribution in [0.5, 0.6) is 0 Å². The topological polar surface area (TPSA) is 39.3 Å². The first-order chi connectivity index (χ1) is 12.7. The highest BCUT2D eigenvalue weighted by molar-refractivity contribution is 6.30. The molecule has 5 heteroatoms. The van der Waals surface area contributed by atoms with Crippen LogP contribution >= 0.6 is 11.6 Å². The summed E-state index contributed by atoms with van der Waals surface area (Å²) in [6.07, 6.45) is 6.86. The number of benzene rings is 2. The maximum Gasteiger partial charge on any atom is 0.104 e. The van der Waals surface area contributed by atoms with E-state index >= 15 is 0 Å². The van der Waals surface area contributed by atoms with Gasteiger partial charge in [0, 0.05) is 22.8 Å². The van der Waals surface area contributed by atoms with Gasteiger partial charge in [-0.1, -0.05) is 48.0 Å². The SMILES string of the molecule is Clc1ccc2c(c1)NC=CC21NNC1(CN1CCCC1)c1ccccc1. The smallest absolute Gasteiger partial charge is 0.104 e. The van der Waals surface area contributed by atoms with Gasteiger partial charge in [0.15, 0.2) is 0 Å². The Bertz CT molecular complexity index is 846. The highest BCUT2D eigenvalue weighted by Gasteiger charge is 2.61. The third kappa shape index (κ3) is 2.26. The summed E-state index contributed by atoms with van der Waals surface area (Å²) in [5.74, 6) is 0. The number of nitrogens with zero attached hydrogens (tertiary/aromatic N) is 1. The van der Waals surface area contributed by atoms with Crippen LogP contribution in [0.1, 0.15) is 24.0 Å². The molecule has 2 unspecified atom stereocenters. The second kappa shape index (κ2) is 6.10. The number of halogens is 1. The van der Waals surface area contributed by atoms with E-state index < -0.39 is 0 Å². The van der Waals surface area contributed by atoms with Gasteiger partial charge in [0.1, 0.15) is 5.54 Å². The molecule has 3 aliphatic rings. The van der Waals surface area contributed by atoms with Crippen molar-refractivity contribution in [1.82, 2.24) is 15.8 Å². The zero-order valence-electron chi connectivity index (χ0n) is 14.6. The Labute approximate surface area is 159 Å². The molecule has 0 bridgehead atoms. The summed E-state index contributed by atoms with van der Waals surface area (Å²) in [4.78, 5) is 2.58. The van der Waals surface area contributed by atoms with E-state index in [9.17, 15) is 0 Å². The number of nitrogens with one attached hydrogen (secondary N) is 3. The lowest BCUT2D eigenvalue weighted by atomic mass is 9.64. The van der Waals surface area contributed by atoms with Crippen molar-refractivity contribution in [2.75, 3.05) is 25.0 Å². The molecule has 3 heterocycles. The summed E-state index contributed by atoms with van der Waals surface area (Å²) >= 11 is 6.25. The molecule has 0 radical (unpaired) electrons. The largest absolute Gasteiger partial charge is 0.362 e. The molecule has 0 aliphatic carbocycles. The van der Waals surface area contributed by atoms with E-state index in [1.54, 1.807) is 0 Å². The molecule has 134 valence electrons. The summed E-state index contributed by atoms with van der Waals surface area (Å²) in [5, 5.41) is 4.11. The van der Waals surface area contributed by atoms with Gasteiger partial charge in [0.05, 0.1) is 5.54 Å². The minimum atomic E-state index is -0.303. The fourth-order valence-electron chi connectivity index (χ4n) is 4.71. The van der Waals surface area contributed by atoms with Gasteiger partial charge in [0.25, 0.3) is 0 Å². The van der Waals surface area contributed by atoms with Crippen LogP contribution in [-0.2, 0) is 11.1 Å². The Kier molecular flexibility index (Phi) is 3.83. The van der Waals surface area contributed by atoms with E-state index in [1.807, 2.05) is 18.3 Å². The molecule has 26 heavy (non-hydrogen) atoms. The molecule has 2 fully saturated rings. The third-order valence-electron chi connectivity index (χ3n) is 6.05. The molecule has 0 aromatic heterocycles. The zero-order chi connectivity index (χ0) is 17.6. The lowest BCUT2D eigenvalue weighted by molar-refractivity contribution is -0.0154. The fraction of sp³-hybridized carbons (Fsp3) is 0.333. The van der Waals surface area contributed by atoms with E-state index in [2.05, 4.69) is 63.5 Å². The first-order valence-electron chi connectivity index (χ1n) is 9.30. The van der Waals surface area contributed by atoms with Gasteiger partial charge in [-0.3, -0.25) is 0 Å². The second-order valence-corrected chi connectivity index (χ2v) is 7.92. The molecule has 2 aromatic carbocycles.